The van der Waals surface area contributed by atoms with Gasteiger partial charge in [0, 0.05) is 31.1 Å². The molecular formula is C17H21N3O2S. The van der Waals surface area contributed by atoms with Gasteiger partial charge in [-0.2, -0.15) is 0 Å². The van der Waals surface area contributed by atoms with E-state index in [4.69, 9.17) is 0 Å². The highest BCUT2D eigenvalue weighted by atomic mass is 32.1. The lowest BCUT2D eigenvalue weighted by atomic mass is 10.1. The average Bonchev–Trinajstić information content (AvgIpc) is 2.87. The number of benzene rings is 1. The van der Waals surface area contributed by atoms with Crippen LogP contribution >= 0.6 is 11.3 Å². The van der Waals surface area contributed by atoms with Crippen molar-refractivity contribution in [2.45, 2.75) is 20.3 Å². The third kappa shape index (κ3) is 3.64. The van der Waals surface area contributed by atoms with E-state index in [9.17, 15) is 9.90 Å². The second-order valence-corrected chi connectivity index (χ2v) is 7.03. The molecule has 0 radical (unpaired) electrons. The minimum atomic E-state index is 0.113. The highest BCUT2D eigenvalue weighted by molar-refractivity contribution is 7.15. The van der Waals surface area contributed by atoms with Gasteiger partial charge >= 0.3 is 0 Å². The molecule has 2 aromatic rings. The number of hydrogen-bond acceptors (Lipinski definition) is 5. The molecule has 0 saturated carbocycles. The van der Waals surface area contributed by atoms with Crippen molar-refractivity contribution in [1.29, 1.82) is 0 Å². The number of rotatable bonds is 3. The van der Waals surface area contributed by atoms with Gasteiger partial charge in [0.25, 0.3) is 0 Å². The van der Waals surface area contributed by atoms with E-state index in [0.29, 0.717) is 6.42 Å². The van der Waals surface area contributed by atoms with Crippen LogP contribution in [0, 0.1) is 13.8 Å². The van der Waals surface area contributed by atoms with Gasteiger partial charge in [-0.25, -0.2) is 4.98 Å². The van der Waals surface area contributed by atoms with Crippen molar-refractivity contribution in [3.63, 3.8) is 0 Å². The zero-order valence-electron chi connectivity index (χ0n) is 13.5. The van der Waals surface area contributed by atoms with Crippen LogP contribution in [0.2, 0.25) is 0 Å². The van der Waals surface area contributed by atoms with E-state index in [1.807, 2.05) is 17.9 Å². The van der Waals surface area contributed by atoms with Gasteiger partial charge in [-0.05, 0) is 31.5 Å². The molecule has 1 N–H and O–H groups in total. The molecule has 2 heterocycles. The second kappa shape index (κ2) is 6.58. The van der Waals surface area contributed by atoms with Crippen molar-refractivity contribution in [3.05, 3.63) is 40.4 Å². The number of nitrogens with zero attached hydrogens (tertiary/aromatic N) is 3. The first-order valence-corrected chi connectivity index (χ1v) is 8.59. The van der Waals surface area contributed by atoms with E-state index in [1.165, 1.54) is 4.88 Å². The maximum absolute atomic E-state index is 12.4. The molecule has 0 bridgehead atoms. The molecule has 0 spiro atoms. The highest BCUT2D eigenvalue weighted by Gasteiger charge is 2.23. The number of aromatic hydroxyl groups is 1. The van der Waals surface area contributed by atoms with Crippen molar-refractivity contribution < 1.29 is 9.90 Å². The monoisotopic (exact) mass is 331 g/mol. The number of carbonyl (C=O) groups is 1. The van der Waals surface area contributed by atoms with Gasteiger partial charge in [-0.15, -0.1) is 11.3 Å². The number of aryl methyl sites for hydroxylation is 2. The Kier molecular flexibility index (Phi) is 4.52. The third-order valence-electron chi connectivity index (χ3n) is 4.19. The summed E-state index contributed by atoms with van der Waals surface area (Å²) in [5.74, 6) is 0.316. The molecule has 1 fully saturated rings. The average molecular weight is 331 g/mol. The van der Waals surface area contributed by atoms with Gasteiger partial charge in [0.1, 0.15) is 5.75 Å². The molecule has 1 aromatic carbocycles. The van der Waals surface area contributed by atoms with Crippen LogP contribution in [-0.2, 0) is 11.2 Å². The van der Waals surface area contributed by atoms with Crippen molar-refractivity contribution in [2.24, 2.45) is 0 Å². The molecule has 122 valence electrons. The van der Waals surface area contributed by atoms with Crippen LogP contribution in [0.5, 0.6) is 5.75 Å². The quantitative estimate of drug-likeness (QED) is 0.938. The summed E-state index contributed by atoms with van der Waals surface area (Å²) >= 11 is 1.72. The number of aromatic nitrogens is 1. The van der Waals surface area contributed by atoms with E-state index in [1.54, 1.807) is 29.5 Å². The van der Waals surface area contributed by atoms with Gasteiger partial charge in [0.15, 0.2) is 5.13 Å². The van der Waals surface area contributed by atoms with E-state index in [-0.39, 0.29) is 11.7 Å². The molecule has 6 heteroatoms. The van der Waals surface area contributed by atoms with E-state index in [0.717, 1.165) is 42.6 Å². The molecule has 0 aliphatic carbocycles. The fraction of sp³-hybridized carbons (Fsp3) is 0.412. The minimum absolute atomic E-state index is 0.113. The van der Waals surface area contributed by atoms with Crippen LogP contribution in [0.15, 0.2) is 24.3 Å². The number of phenolic OH excluding ortho intramolecular Hbond substituents is 1. The van der Waals surface area contributed by atoms with Crippen LogP contribution in [-0.4, -0.2) is 47.1 Å². The first-order chi connectivity index (χ1) is 11.0. The smallest absolute Gasteiger partial charge is 0.227 e. The Hall–Kier alpha value is -2.08. The molecule has 1 saturated heterocycles. The van der Waals surface area contributed by atoms with Crippen molar-refractivity contribution in [1.82, 2.24) is 9.88 Å². The van der Waals surface area contributed by atoms with Gasteiger partial charge in [-0.1, -0.05) is 12.1 Å². The lowest BCUT2D eigenvalue weighted by Gasteiger charge is -2.34. The zero-order chi connectivity index (χ0) is 16.4. The Balaban J connectivity index is 1.57. The van der Waals surface area contributed by atoms with Crippen LogP contribution in [0.3, 0.4) is 0 Å². The summed E-state index contributed by atoms with van der Waals surface area (Å²) in [6, 6.07) is 6.90. The Morgan fingerprint density at radius 1 is 1.26 bits per heavy atom. The number of anilines is 1. The molecule has 1 aromatic heterocycles. The molecule has 0 atom stereocenters. The Morgan fingerprint density at radius 3 is 2.61 bits per heavy atom. The SMILES string of the molecule is Cc1nc(N2CCN(C(=O)Cc3cccc(O)c3)CC2)sc1C. The van der Waals surface area contributed by atoms with Crippen LogP contribution in [0.25, 0.3) is 0 Å². The summed E-state index contributed by atoms with van der Waals surface area (Å²) in [6.45, 7) is 7.19. The van der Waals surface area contributed by atoms with Gasteiger partial charge < -0.3 is 14.9 Å². The minimum Gasteiger partial charge on any atom is -0.508 e. The summed E-state index contributed by atoms with van der Waals surface area (Å²) in [7, 11) is 0. The number of hydrogen-bond donors (Lipinski definition) is 1. The van der Waals surface area contributed by atoms with Gasteiger partial charge in [0.2, 0.25) is 5.91 Å². The van der Waals surface area contributed by atoms with Crippen LogP contribution in [0.1, 0.15) is 16.1 Å². The molecule has 1 amide bonds. The van der Waals surface area contributed by atoms with Gasteiger partial charge in [0.05, 0.1) is 12.1 Å². The molecule has 3 rings (SSSR count). The predicted octanol–water partition coefficient (Wildman–Crippen LogP) is 2.36. The van der Waals surface area contributed by atoms with Crippen LogP contribution < -0.4 is 4.90 Å². The normalized spacial score (nSPS) is 15.0. The number of phenols is 1. The van der Waals surface area contributed by atoms with E-state index < -0.39 is 0 Å². The first-order valence-electron chi connectivity index (χ1n) is 7.77. The van der Waals surface area contributed by atoms with Crippen LogP contribution in [0.4, 0.5) is 5.13 Å². The Bertz CT molecular complexity index is 686. The number of carbonyl (C=O) groups excluding carboxylic acids is 1. The lowest BCUT2D eigenvalue weighted by Crippen LogP contribution is -2.49. The highest BCUT2D eigenvalue weighted by Crippen LogP contribution is 2.26. The largest absolute Gasteiger partial charge is 0.508 e. The lowest BCUT2D eigenvalue weighted by molar-refractivity contribution is -0.130. The predicted molar refractivity (Wildman–Crippen MR) is 92.2 cm³/mol. The summed E-state index contributed by atoms with van der Waals surface area (Å²) in [6.07, 6.45) is 0.337. The third-order valence-corrected chi connectivity index (χ3v) is 5.32. The fourth-order valence-corrected chi connectivity index (χ4v) is 3.65. The summed E-state index contributed by atoms with van der Waals surface area (Å²) < 4.78 is 0. The molecule has 1 aliphatic heterocycles. The number of thiazole rings is 1. The summed E-state index contributed by atoms with van der Waals surface area (Å²) in [5, 5.41) is 10.5. The van der Waals surface area contributed by atoms with E-state index >= 15 is 0 Å². The number of piperazine rings is 1. The maximum Gasteiger partial charge on any atom is 0.227 e. The Morgan fingerprint density at radius 2 is 2.00 bits per heavy atom. The Labute approximate surface area is 140 Å². The topological polar surface area (TPSA) is 56.7 Å². The number of amides is 1. The van der Waals surface area contributed by atoms with E-state index in [2.05, 4.69) is 16.8 Å². The summed E-state index contributed by atoms with van der Waals surface area (Å²) in [5.41, 5.74) is 1.94. The van der Waals surface area contributed by atoms with Crippen molar-refractivity contribution >= 4 is 22.4 Å². The molecule has 23 heavy (non-hydrogen) atoms. The van der Waals surface area contributed by atoms with Crippen molar-refractivity contribution in [2.75, 3.05) is 31.1 Å². The maximum atomic E-state index is 12.4. The van der Waals surface area contributed by atoms with Gasteiger partial charge in [-0.3, -0.25) is 4.79 Å². The summed E-state index contributed by atoms with van der Waals surface area (Å²) in [4.78, 5) is 22.4. The first kappa shape index (κ1) is 15.8. The zero-order valence-corrected chi connectivity index (χ0v) is 14.3. The molecule has 0 unspecified atom stereocenters. The fourth-order valence-electron chi connectivity index (χ4n) is 2.69. The second-order valence-electron chi connectivity index (χ2n) is 5.85. The molecule has 1 aliphatic rings. The standard InChI is InChI=1S/C17H21N3O2S/c1-12-13(2)23-17(18-12)20-8-6-19(7-9-20)16(22)11-14-4-3-5-15(21)10-14/h3-5,10,21H,6-9,11H2,1-2H3. The molecule has 5 nitrogen and oxygen atoms in total. The molecular weight excluding hydrogens is 310 g/mol. The van der Waals surface area contributed by atoms with Crippen molar-refractivity contribution in [3.8, 4) is 5.75 Å².